The average molecular weight is 429 g/mol. The van der Waals surface area contributed by atoms with Crippen LogP contribution in [0.1, 0.15) is 47.2 Å². The minimum Gasteiger partial charge on any atom is -0.462 e. The summed E-state index contributed by atoms with van der Waals surface area (Å²) in [5, 5.41) is 7.61. The fourth-order valence-corrected chi connectivity index (χ4v) is 3.71. The van der Waals surface area contributed by atoms with Crippen LogP contribution in [0.5, 0.6) is 0 Å². The maximum absolute atomic E-state index is 13.7. The molecule has 0 unspecified atom stereocenters. The molecule has 1 fully saturated rings. The largest absolute Gasteiger partial charge is 0.462 e. The molecule has 6 nitrogen and oxygen atoms in total. The molecule has 0 bridgehead atoms. The fourth-order valence-electron chi connectivity index (χ4n) is 3.57. The van der Waals surface area contributed by atoms with Gasteiger partial charge in [-0.05, 0) is 37.5 Å². The predicted molar refractivity (Wildman–Crippen MR) is 103 cm³/mol. The first kappa shape index (κ1) is 21.2. The van der Waals surface area contributed by atoms with E-state index in [1.165, 1.54) is 12.1 Å². The maximum Gasteiger partial charge on any atom is 0.416 e. The van der Waals surface area contributed by atoms with Crippen molar-refractivity contribution >= 4 is 29.1 Å². The second-order valence-electron chi connectivity index (χ2n) is 6.74. The second-order valence-corrected chi connectivity index (χ2v) is 7.13. The van der Waals surface area contributed by atoms with E-state index < -0.39 is 23.6 Å². The number of ether oxygens (including phenoxy) is 1. The minimum absolute atomic E-state index is 0.0868. The van der Waals surface area contributed by atoms with Gasteiger partial charge >= 0.3 is 12.1 Å². The SMILES string of the molecule is CCOC(=O)c1ccc([C@H]2CCCN(c3cc(Cl)nnc3N)C2)c(C(F)(F)F)c1. The van der Waals surface area contributed by atoms with Crippen molar-refractivity contribution in [2.75, 3.05) is 30.3 Å². The van der Waals surface area contributed by atoms with Crippen LogP contribution in [0, 0.1) is 0 Å². The Morgan fingerprint density at radius 2 is 2.10 bits per heavy atom. The summed E-state index contributed by atoms with van der Waals surface area (Å²) in [4.78, 5) is 13.7. The lowest BCUT2D eigenvalue weighted by atomic mass is 9.86. The van der Waals surface area contributed by atoms with E-state index in [1.807, 2.05) is 4.90 Å². The molecule has 2 heterocycles. The summed E-state index contributed by atoms with van der Waals surface area (Å²) in [6.45, 7) is 2.61. The van der Waals surface area contributed by atoms with Crippen molar-refractivity contribution in [3.05, 3.63) is 46.1 Å². The zero-order valence-electron chi connectivity index (χ0n) is 15.7. The summed E-state index contributed by atoms with van der Waals surface area (Å²) in [7, 11) is 0. The lowest BCUT2D eigenvalue weighted by Gasteiger charge is -2.35. The molecule has 1 aromatic carbocycles. The van der Waals surface area contributed by atoms with Crippen LogP contribution in [0.3, 0.4) is 0 Å². The number of alkyl halides is 3. The topological polar surface area (TPSA) is 81.3 Å². The number of anilines is 2. The summed E-state index contributed by atoms with van der Waals surface area (Å²) in [5.41, 5.74) is 5.62. The normalized spacial score (nSPS) is 17.3. The Balaban J connectivity index is 1.94. The summed E-state index contributed by atoms with van der Waals surface area (Å²) in [6, 6.07) is 5.16. The first-order valence-electron chi connectivity index (χ1n) is 9.12. The molecule has 0 aliphatic carbocycles. The molecule has 3 rings (SSSR count). The number of rotatable bonds is 4. The standard InChI is InChI=1S/C19H20ClF3N4O2/c1-2-29-18(28)11-5-6-13(14(8-11)19(21,22)23)12-4-3-7-27(10-12)15-9-16(20)25-26-17(15)24/h5-6,8-9,12H,2-4,7,10H2,1H3,(H2,24,26)/t12-/m0/s1. The average Bonchev–Trinajstić information content (AvgIpc) is 2.69. The van der Waals surface area contributed by atoms with Gasteiger partial charge in [0.2, 0.25) is 0 Å². The van der Waals surface area contributed by atoms with E-state index in [0.717, 1.165) is 6.07 Å². The van der Waals surface area contributed by atoms with Crippen LogP contribution >= 0.6 is 11.6 Å². The van der Waals surface area contributed by atoms with Gasteiger partial charge in [-0.25, -0.2) is 4.79 Å². The summed E-state index contributed by atoms with van der Waals surface area (Å²) < 4.78 is 46.1. The van der Waals surface area contributed by atoms with Crippen LogP contribution in [0.25, 0.3) is 0 Å². The number of carbonyl (C=O) groups excluding carboxylic acids is 1. The summed E-state index contributed by atoms with van der Waals surface area (Å²) >= 11 is 5.90. The number of benzene rings is 1. The van der Waals surface area contributed by atoms with Crippen LogP contribution in [-0.2, 0) is 10.9 Å². The molecule has 0 amide bonds. The molecule has 156 valence electrons. The molecule has 10 heteroatoms. The van der Waals surface area contributed by atoms with Crippen molar-refractivity contribution in [2.24, 2.45) is 0 Å². The van der Waals surface area contributed by atoms with E-state index in [1.54, 1.807) is 13.0 Å². The van der Waals surface area contributed by atoms with Crippen molar-refractivity contribution in [3.8, 4) is 0 Å². The van der Waals surface area contributed by atoms with Crippen molar-refractivity contribution in [1.82, 2.24) is 10.2 Å². The zero-order chi connectivity index (χ0) is 21.2. The highest BCUT2D eigenvalue weighted by atomic mass is 35.5. The van der Waals surface area contributed by atoms with Crippen molar-refractivity contribution in [2.45, 2.75) is 31.9 Å². The van der Waals surface area contributed by atoms with Crippen molar-refractivity contribution < 1.29 is 22.7 Å². The molecule has 2 aromatic rings. The van der Waals surface area contributed by atoms with E-state index in [-0.39, 0.29) is 28.7 Å². The number of esters is 1. The highest BCUT2D eigenvalue weighted by Crippen LogP contribution is 2.40. The zero-order valence-corrected chi connectivity index (χ0v) is 16.4. The highest BCUT2D eigenvalue weighted by Gasteiger charge is 2.37. The van der Waals surface area contributed by atoms with E-state index in [2.05, 4.69) is 10.2 Å². The Kier molecular flexibility index (Phi) is 6.16. The van der Waals surface area contributed by atoms with Crippen LogP contribution in [-0.4, -0.2) is 35.9 Å². The van der Waals surface area contributed by atoms with E-state index in [9.17, 15) is 18.0 Å². The molecule has 1 aliphatic rings. The molecule has 29 heavy (non-hydrogen) atoms. The van der Waals surface area contributed by atoms with Crippen LogP contribution in [0.15, 0.2) is 24.3 Å². The quantitative estimate of drug-likeness (QED) is 0.731. The molecule has 1 saturated heterocycles. The Hall–Kier alpha value is -2.55. The molecule has 0 radical (unpaired) electrons. The Morgan fingerprint density at radius 3 is 2.79 bits per heavy atom. The lowest BCUT2D eigenvalue weighted by molar-refractivity contribution is -0.138. The number of piperidine rings is 1. The number of hydrogen-bond donors (Lipinski definition) is 1. The number of nitrogens with zero attached hydrogens (tertiary/aromatic N) is 3. The van der Waals surface area contributed by atoms with Gasteiger partial charge in [0.15, 0.2) is 11.0 Å². The van der Waals surface area contributed by atoms with Gasteiger partial charge < -0.3 is 15.4 Å². The van der Waals surface area contributed by atoms with Gasteiger partial charge in [-0.2, -0.15) is 13.2 Å². The van der Waals surface area contributed by atoms with Crippen molar-refractivity contribution in [1.29, 1.82) is 0 Å². The third-order valence-corrected chi connectivity index (χ3v) is 5.03. The van der Waals surface area contributed by atoms with Gasteiger partial charge in [-0.15, -0.1) is 10.2 Å². The molecular formula is C19H20ClF3N4O2. The van der Waals surface area contributed by atoms with Gasteiger partial charge in [0.25, 0.3) is 0 Å². The highest BCUT2D eigenvalue weighted by molar-refractivity contribution is 6.29. The molecule has 0 saturated carbocycles. The minimum atomic E-state index is -4.60. The van der Waals surface area contributed by atoms with Gasteiger partial charge in [0.1, 0.15) is 0 Å². The summed E-state index contributed by atoms with van der Waals surface area (Å²) in [5.74, 6) is -1.01. The van der Waals surface area contributed by atoms with Crippen LogP contribution in [0.2, 0.25) is 5.15 Å². The predicted octanol–water partition coefficient (Wildman–Crippen LogP) is 4.29. The first-order chi connectivity index (χ1) is 13.7. The van der Waals surface area contributed by atoms with Crippen LogP contribution in [0.4, 0.5) is 24.7 Å². The third kappa shape index (κ3) is 4.72. The third-order valence-electron chi connectivity index (χ3n) is 4.84. The number of aromatic nitrogens is 2. The molecule has 1 aromatic heterocycles. The smallest absolute Gasteiger partial charge is 0.416 e. The van der Waals surface area contributed by atoms with Gasteiger partial charge in [0, 0.05) is 25.1 Å². The number of hydrogen-bond acceptors (Lipinski definition) is 6. The molecule has 1 atom stereocenters. The number of halogens is 4. The number of nitrogens with two attached hydrogens (primary N) is 1. The van der Waals surface area contributed by atoms with Gasteiger partial charge in [-0.3, -0.25) is 0 Å². The Bertz CT molecular complexity index is 908. The Morgan fingerprint density at radius 1 is 1.34 bits per heavy atom. The molecule has 1 aliphatic heterocycles. The van der Waals surface area contributed by atoms with Crippen LogP contribution < -0.4 is 10.6 Å². The maximum atomic E-state index is 13.7. The van der Waals surface area contributed by atoms with E-state index in [4.69, 9.17) is 22.1 Å². The monoisotopic (exact) mass is 428 g/mol. The molecule has 2 N–H and O–H groups in total. The second kappa shape index (κ2) is 8.44. The van der Waals surface area contributed by atoms with Gasteiger partial charge in [-0.1, -0.05) is 17.7 Å². The number of carbonyl (C=O) groups is 1. The number of nitrogen functional groups attached to an aromatic ring is 1. The summed E-state index contributed by atoms with van der Waals surface area (Å²) in [6.07, 6.45) is -3.36. The molecular weight excluding hydrogens is 409 g/mol. The Labute approximate surface area is 170 Å². The van der Waals surface area contributed by atoms with E-state index in [0.29, 0.717) is 31.6 Å². The van der Waals surface area contributed by atoms with E-state index >= 15 is 0 Å². The van der Waals surface area contributed by atoms with Gasteiger partial charge in [0.05, 0.1) is 23.4 Å². The fraction of sp³-hybridized carbons (Fsp3) is 0.421. The van der Waals surface area contributed by atoms with Crippen molar-refractivity contribution in [3.63, 3.8) is 0 Å². The first-order valence-corrected chi connectivity index (χ1v) is 9.50. The molecule has 0 spiro atoms. The lowest BCUT2D eigenvalue weighted by Crippen LogP contribution is -2.35.